The van der Waals surface area contributed by atoms with Crippen molar-refractivity contribution in [2.45, 2.75) is 32.8 Å². The summed E-state index contributed by atoms with van der Waals surface area (Å²) in [6.07, 6.45) is 1.71. The van der Waals surface area contributed by atoms with Crippen LogP contribution in [0.25, 0.3) is 11.0 Å². The van der Waals surface area contributed by atoms with E-state index in [1.165, 1.54) is 11.3 Å². The molecule has 2 aromatic heterocycles. The van der Waals surface area contributed by atoms with E-state index in [0.717, 1.165) is 35.4 Å². The average Bonchev–Trinajstić information content (AvgIpc) is 3.00. The molecule has 0 saturated carbocycles. The Hall–Kier alpha value is -2.80. The van der Waals surface area contributed by atoms with Gasteiger partial charge in [-0.3, -0.25) is 0 Å². The van der Waals surface area contributed by atoms with Crippen LogP contribution in [0, 0.1) is 6.92 Å². The number of benzene rings is 1. The number of methoxy groups -OCH3 is 2. The van der Waals surface area contributed by atoms with Crippen molar-refractivity contribution in [2.24, 2.45) is 7.05 Å². The first kappa shape index (κ1) is 21.9. The smallest absolute Gasteiger partial charge is 0.162 e. The molecular formula is C23H30FN3O3. The molecule has 3 rings (SSSR count). The molecule has 30 heavy (non-hydrogen) atoms. The number of halogens is 1. The lowest BCUT2D eigenvalue weighted by molar-refractivity contribution is 0.0510. The Kier molecular flexibility index (Phi) is 7.15. The Morgan fingerprint density at radius 3 is 2.60 bits per heavy atom. The number of pyridine rings is 1. The van der Waals surface area contributed by atoms with Crippen LogP contribution in [-0.4, -0.2) is 43.2 Å². The van der Waals surface area contributed by atoms with Crippen LogP contribution in [0.2, 0.25) is 0 Å². The Labute approximate surface area is 177 Å². The summed E-state index contributed by atoms with van der Waals surface area (Å²) in [7, 11) is 5.26. The number of nitrogens with zero attached hydrogens (tertiary/aromatic N) is 2. The molecule has 0 bridgehead atoms. The predicted molar refractivity (Wildman–Crippen MR) is 118 cm³/mol. The second kappa shape index (κ2) is 9.80. The molecule has 7 heteroatoms. The number of rotatable bonds is 10. The summed E-state index contributed by atoms with van der Waals surface area (Å²) in [5.41, 5.74) is 4.22. The third-order valence-electron chi connectivity index (χ3n) is 5.36. The highest BCUT2D eigenvalue weighted by Crippen LogP contribution is 2.32. The number of hydrogen-bond donors (Lipinski definition) is 1. The molecule has 162 valence electrons. The molecule has 1 aromatic carbocycles. The van der Waals surface area contributed by atoms with Crippen LogP contribution >= 0.6 is 0 Å². The first-order chi connectivity index (χ1) is 14.5. The van der Waals surface area contributed by atoms with Crippen LogP contribution in [0.4, 0.5) is 15.9 Å². The fourth-order valence-corrected chi connectivity index (χ4v) is 3.69. The minimum atomic E-state index is -0.447. The number of ether oxygens (including phenoxy) is 3. The van der Waals surface area contributed by atoms with E-state index in [4.69, 9.17) is 19.2 Å². The second-order valence-electron chi connectivity index (χ2n) is 7.30. The van der Waals surface area contributed by atoms with Crippen molar-refractivity contribution >= 4 is 22.5 Å². The molecular weight excluding hydrogens is 385 g/mol. The molecule has 0 spiro atoms. The maximum atomic E-state index is 12.3. The fraction of sp³-hybridized carbons (Fsp3) is 0.435. The van der Waals surface area contributed by atoms with Gasteiger partial charge in [0, 0.05) is 29.9 Å². The zero-order valence-electron chi connectivity index (χ0n) is 18.3. The third kappa shape index (κ3) is 4.67. The summed E-state index contributed by atoms with van der Waals surface area (Å²) >= 11 is 0. The molecule has 0 saturated heterocycles. The second-order valence-corrected chi connectivity index (χ2v) is 7.30. The minimum absolute atomic E-state index is 0.0217. The van der Waals surface area contributed by atoms with Crippen LogP contribution in [0.3, 0.4) is 0 Å². The number of fused-ring (bicyclic) bond motifs is 1. The van der Waals surface area contributed by atoms with Gasteiger partial charge in [0.15, 0.2) is 11.5 Å². The molecule has 6 nitrogen and oxygen atoms in total. The highest BCUT2D eigenvalue weighted by atomic mass is 19.1. The van der Waals surface area contributed by atoms with Crippen molar-refractivity contribution in [3.05, 3.63) is 41.6 Å². The van der Waals surface area contributed by atoms with Gasteiger partial charge < -0.3 is 24.1 Å². The first-order valence-electron chi connectivity index (χ1n) is 10.1. The van der Waals surface area contributed by atoms with E-state index in [0.29, 0.717) is 11.5 Å². The highest BCUT2D eigenvalue weighted by molar-refractivity contribution is 5.84. The van der Waals surface area contributed by atoms with Gasteiger partial charge in [-0.1, -0.05) is 0 Å². The maximum absolute atomic E-state index is 12.3. The molecule has 2 heterocycles. The summed E-state index contributed by atoms with van der Waals surface area (Å²) in [4.78, 5) is 4.83. The van der Waals surface area contributed by atoms with E-state index in [1.807, 2.05) is 38.2 Å². The lowest BCUT2D eigenvalue weighted by Gasteiger charge is -2.13. The predicted octanol–water partition coefficient (Wildman–Crippen LogP) is 4.95. The van der Waals surface area contributed by atoms with E-state index in [2.05, 4.69) is 22.9 Å². The summed E-state index contributed by atoms with van der Waals surface area (Å²) in [5.74, 6) is 2.09. The average molecular weight is 416 g/mol. The number of hydrogen-bond acceptors (Lipinski definition) is 5. The number of nitrogens with one attached hydrogen (secondary N) is 1. The summed E-state index contributed by atoms with van der Waals surface area (Å²) < 4.78 is 30.6. The van der Waals surface area contributed by atoms with E-state index in [-0.39, 0.29) is 12.7 Å². The standard InChI is InChI=1S/C23H30FN3O3/c1-15(30-13-12-24)6-9-19-16(2)18-8-11-22(26-23(18)27(19)3)25-17-7-10-20(28-4)21(14-17)29-5/h7-8,10-11,14-15H,6,9,12-13H2,1-5H3,(H,25,26). The zero-order valence-corrected chi connectivity index (χ0v) is 18.3. The van der Waals surface area contributed by atoms with Gasteiger partial charge in [0.05, 0.1) is 26.9 Å². The lowest BCUT2D eigenvalue weighted by atomic mass is 10.1. The van der Waals surface area contributed by atoms with Gasteiger partial charge in [0.25, 0.3) is 0 Å². The van der Waals surface area contributed by atoms with Gasteiger partial charge in [-0.2, -0.15) is 0 Å². The summed E-state index contributed by atoms with van der Waals surface area (Å²) in [5, 5.41) is 4.46. The van der Waals surface area contributed by atoms with Crippen molar-refractivity contribution < 1.29 is 18.6 Å². The Bertz CT molecular complexity index is 1000. The van der Waals surface area contributed by atoms with Gasteiger partial charge >= 0.3 is 0 Å². The van der Waals surface area contributed by atoms with Gasteiger partial charge in [0.2, 0.25) is 0 Å². The Morgan fingerprint density at radius 2 is 1.90 bits per heavy atom. The molecule has 0 amide bonds. The number of alkyl halides is 1. The van der Waals surface area contributed by atoms with Crippen LogP contribution in [0.15, 0.2) is 30.3 Å². The van der Waals surface area contributed by atoms with Crippen molar-refractivity contribution in [2.75, 3.05) is 32.8 Å². The van der Waals surface area contributed by atoms with Gasteiger partial charge in [-0.05, 0) is 56.5 Å². The third-order valence-corrected chi connectivity index (χ3v) is 5.36. The first-order valence-corrected chi connectivity index (χ1v) is 10.1. The Morgan fingerprint density at radius 1 is 1.13 bits per heavy atom. The van der Waals surface area contributed by atoms with Crippen molar-refractivity contribution in [3.8, 4) is 11.5 Å². The summed E-state index contributed by atoms with van der Waals surface area (Å²) in [6.45, 7) is 3.81. The number of anilines is 2. The van der Waals surface area contributed by atoms with Crippen molar-refractivity contribution in [3.63, 3.8) is 0 Å². The molecule has 1 N–H and O–H groups in total. The lowest BCUT2D eigenvalue weighted by Crippen LogP contribution is -2.12. The molecule has 0 radical (unpaired) electrons. The largest absolute Gasteiger partial charge is 0.493 e. The van der Waals surface area contributed by atoms with E-state index in [1.54, 1.807) is 14.2 Å². The fourth-order valence-electron chi connectivity index (χ4n) is 3.69. The minimum Gasteiger partial charge on any atom is -0.493 e. The quantitative estimate of drug-likeness (QED) is 0.508. The molecule has 0 aliphatic carbocycles. The Balaban J connectivity index is 1.81. The van der Waals surface area contributed by atoms with Crippen LogP contribution in [0.1, 0.15) is 24.6 Å². The van der Waals surface area contributed by atoms with Gasteiger partial charge in [-0.25, -0.2) is 9.37 Å². The molecule has 0 aliphatic rings. The van der Waals surface area contributed by atoms with Crippen molar-refractivity contribution in [1.29, 1.82) is 0 Å². The number of aryl methyl sites for hydroxylation is 2. The normalized spacial score (nSPS) is 12.2. The molecule has 1 unspecified atom stereocenters. The molecule has 1 atom stereocenters. The van der Waals surface area contributed by atoms with E-state index < -0.39 is 6.67 Å². The molecule has 0 fully saturated rings. The SMILES string of the molecule is COc1ccc(Nc2ccc3c(C)c(CCC(C)OCCF)n(C)c3n2)cc1OC. The highest BCUT2D eigenvalue weighted by Gasteiger charge is 2.15. The van der Waals surface area contributed by atoms with Crippen LogP contribution in [0.5, 0.6) is 11.5 Å². The summed E-state index contributed by atoms with van der Waals surface area (Å²) in [6, 6.07) is 9.73. The van der Waals surface area contributed by atoms with Gasteiger partial charge in [-0.15, -0.1) is 0 Å². The van der Waals surface area contributed by atoms with Crippen molar-refractivity contribution in [1.82, 2.24) is 9.55 Å². The molecule has 0 aliphatic heterocycles. The zero-order chi connectivity index (χ0) is 21.7. The van der Waals surface area contributed by atoms with Crippen LogP contribution < -0.4 is 14.8 Å². The molecule has 3 aromatic rings. The number of aromatic nitrogens is 2. The van der Waals surface area contributed by atoms with E-state index in [9.17, 15) is 4.39 Å². The maximum Gasteiger partial charge on any atom is 0.162 e. The topological polar surface area (TPSA) is 57.5 Å². The van der Waals surface area contributed by atoms with E-state index >= 15 is 0 Å². The monoisotopic (exact) mass is 415 g/mol. The van der Waals surface area contributed by atoms with Crippen LogP contribution in [-0.2, 0) is 18.2 Å². The van der Waals surface area contributed by atoms with Gasteiger partial charge in [0.1, 0.15) is 18.1 Å².